The van der Waals surface area contributed by atoms with Gasteiger partial charge < -0.3 is 20.6 Å². The summed E-state index contributed by atoms with van der Waals surface area (Å²) in [4.78, 5) is 43.7. The fourth-order valence-corrected chi connectivity index (χ4v) is 9.30. The minimum absolute atomic E-state index is 0.00491. The number of carbonyl (C=O) groups excluding carboxylic acids is 3. The highest BCUT2D eigenvalue weighted by Gasteiger charge is 2.75. The number of aliphatic hydroxyl groups is 1. The number of unbranched alkanes of at least 4 members (excludes halogenated alkanes) is 2. The molecule has 3 N–H and O–H groups in total. The molecule has 0 radical (unpaired) electrons. The van der Waals surface area contributed by atoms with Crippen LogP contribution in [-0.2, 0) is 14.4 Å². The van der Waals surface area contributed by atoms with E-state index in [4.69, 9.17) is 0 Å². The molecule has 202 valence electrons. The molecule has 0 aliphatic carbocycles. The smallest absolute Gasteiger partial charge is 0.248 e. The topological polar surface area (TPSA) is 98.7 Å². The van der Waals surface area contributed by atoms with Crippen molar-refractivity contribution in [2.75, 3.05) is 23.8 Å². The molecule has 6 atom stereocenters. The highest BCUT2D eigenvalue weighted by atomic mass is 32.2. The van der Waals surface area contributed by atoms with Crippen molar-refractivity contribution in [2.45, 2.75) is 62.5 Å². The number of para-hydroxylation sites is 2. The Labute approximate surface area is 228 Å². The predicted molar refractivity (Wildman–Crippen MR) is 151 cm³/mol. The molecule has 1 spiro atoms. The van der Waals surface area contributed by atoms with E-state index in [1.165, 1.54) is 0 Å². The average molecular weight is 536 g/mol. The summed E-state index contributed by atoms with van der Waals surface area (Å²) < 4.78 is -0.655. The first-order chi connectivity index (χ1) is 18.3. The molecule has 3 aliphatic heterocycles. The number of amides is 3. The number of carbonyl (C=O) groups is 3. The van der Waals surface area contributed by atoms with Crippen LogP contribution >= 0.6 is 11.8 Å². The Kier molecular flexibility index (Phi) is 7.56. The van der Waals surface area contributed by atoms with Crippen LogP contribution in [0.1, 0.15) is 43.7 Å². The first kappa shape index (κ1) is 26.8. The van der Waals surface area contributed by atoms with Crippen molar-refractivity contribution < 1.29 is 19.5 Å². The van der Waals surface area contributed by atoms with Crippen LogP contribution in [0.15, 0.2) is 48.5 Å². The molecule has 0 aromatic heterocycles. The second kappa shape index (κ2) is 10.7. The first-order valence-electron chi connectivity index (χ1n) is 13.6. The molecule has 3 amide bonds. The summed E-state index contributed by atoms with van der Waals surface area (Å²) in [6, 6.07) is 14.6. The lowest BCUT2D eigenvalue weighted by Crippen LogP contribution is -2.55. The summed E-state index contributed by atoms with van der Waals surface area (Å²) in [5, 5.41) is 15.5. The summed E-state index contributed by atoms with van der Waals surface area (Å²) in [6.45, 7) is 6.62. The highest BCUT2D eigenvalue weighted by Crippen LogP contribution is 2.68. The maximum absolute atomic E-state index is 14.2. The zero-order valence-corrected chi connectivity index (χ0v) is 23.1. The number of nitrogens with one attached hydrogen (secondary N) is 2. The first-order valence-corrected chi connectivity index (χ1v) is 14.5. The third-order valence-corrected chi connectivity index (χ3v) is 10.7. The Bertz CT molecular complexity index is 1200. The van der Waals surface area contributed by atoms with Gasteiger partial charge in [-0.15, -0.1) is 11.8 Å². The molecular weight excluding hydrogens is 498 g/mol. The minimum Gasteiger partial charge on any atom is -0.396 e. The molecule has 3 aliphatic rings. The molecule has 3 unspecified atom stereocenters. The van der Waals surface area contributed by atoms with Crippen LogP contribution in [0.2, 0.25) is 0 Å². The van der Waals surface area contributed by atoms with Crippen molar-refractivity contribution in [1.29, 1.82) is 0 Å². The van der Waals surface area contributed by atoms with E-state index in [1.807, 2.05) is 62.4 Å². The van der Waals surface area contributed by atoms with Crippen molar-refractivity contribution in [3.8, 4) is 0 Å². The van der Waals surface area contributed by atoms with Crippen molar-refractivity contribution in [3.05, 3.63) is 59.7 Å². The largest absolute Gasteiger partial charge is 0.396 e. The van der Waals surface area contributed by atoms with Crippen LogP contribution < -0.4 is 10.6 Å². The third-order valence-electron chi connectivity index (χ3n) is 8.62. The molecule has 8 heteroatoms. The van der Waals surface area contributed by atoms with E-state index in [9.17, 15) is 19.5 Å². The fraction of sp³-hybridized carbons (Fsp3) is 0.500. The number of benzene rings is 2. The van der Waals surface area contributed by atoms with Gasteiger partial charge in [0.05, 0.1) is 16.6 Å². The van der Waals surface area contributed by atoms with Gasteiger partial charge in [-0.1, -0.05) is 43.3 Å². The maximum atomic E-state index is 14.2. The summed E-state index contributed by atoms with van der Waals surface area (Å²) >= 11 is 1.69. The van der Waals surface area contributed by atoms with E-state index in [-0.39, 0.29) is 35.5 Å². The van der Waals surface area contributed by atoms with Crippen LogP contribution in [0, 0.1) is 31.6 Å². The zero-order chi connectivity index (χ0) is 27.0. The van der Waals surface area contributed by atoms with Gasteiger partial charge >= 0.3 is 0 Å². The zero-order valence-electron chi connectivity index (χ0n) is 22.3. The van der Waals surface area contributed by atoms with Gasteiger partial charge in [-0.05, 0) is 68.7 Å². The SMILES string of the molecule is Cc1cccc(C)c1NC(=O)C1N(CCCCCO)C(=O)[C@@H]2[C@@H](C(=O)Nc3ccccc3)[C@H]3CC(C)C12S3. The van der Waals surface area contributed by atoms with Gasteiger partial charge in [-0.2, -0.15) is 0 Å². The Morgan fingerprint density at radius 1 is 1.00 bits per heavy atom. The molecule has 3 fully saturated rings. The summed E-state index contributed by atoms with van der Waals surface area (Å²) in [5.41, 5.74) is 3.45. The van der Waals surface area contributed by atoms with E-state index >= 15 is 0 Å². The Morgan fingerprint density at radius 3 is 2.39 bits per heavy atom. The van der Waals surface area contributed by atoms with Crippen LogP contribution in [0.3, 0.4) is 0 Å². The lowest BCUT2D eigenvalue weighted by atomic mass is 9.66. The molecule has 7 nitrogen and oxygen atoms in total. The molecular formula is C30H37N3O4S. The van der Waals surface area contributed by atoms with Crippen molar-refractivity contribution in [1.82, 2.24) is 4.90 Å². The predicted octanol–water partition coefficient (Wildman–Crippen LogP) is 4.38. The molecule has 5 rings (SSSR count). The van der Waals surface area contributed by atoms with Crippen LogP contribution in [0.4, 0.5) is 11.4 Å². The standard InChI is InChI=1S/C30H37N3O4S/c1-18-11-10-12-19(2)25(18)32-28(36)26-30-20(3)17-22(38-30)23(27(35)31-21-13-6-4-7-14-21)24(30)29(37)33(26)15-8-5-9-16-34/h4,6-7,10-14,20,22-24,26,34H,5,8-9,15-17H2,1-3H3,(H,31,35)(H,32,36)/t20?,22-,23+,24+,26?,30?/m1/s1. The minimum atomic E-state index is -0.660. The molecule has 0 saturated carbocycles. The number of hydrogen-bond acceptors (Lipinski definition) is 5. The van der Waals surface area contributed by atoms with Gasteiger partial charge in [0.15, 0.2) is 0 Å². The quantitative estimate of drug-likeness (QED) is 0.414. The monoisotopic (exact) mass is 535 g/mol. The number of thioether (sulfide) groups is 1. The van der Waals surface area contributed by atoms with E-state index in [2.05, 4.69) is 17.6 Å². The lowest BCUT2D eigenvalue weighted by Gasteiger charge is -2.38. The third kappa shape index (κ3) is 4.41. The second-order valence-electron chi connectivity index (χ2n) is 11.0. The van der Waals surface area contributed by atoms with E-state index in [1.54, 1.807) is 16.7 Å². The molecule has 38 heavy (non-hydrogen) atoms. The van der Waals surface area contributed by atoms with Crippen LogP contribution in [0.25, 0.3) is 0 Å². The van der Waals surface area contributed by atoms with Gasteiger partial charge in [-0.25, -0.2) is 0 Å². The van der Waals surface area contributed by atoms with Gasteiger partial charge in [0, 0.05) is 29.8 Å². The van der Waals surface area contributed by atoms with Crippen LogP contribution in [0.5, 0.6) is 0 Å². The number of nitrogens with zero attached hydrogens (tertiary/aromatic N) is 1. The molecule has 2 aromatic rings. The van der Waals surface area contributed by atoms with Crippen molar-refractivity contribution in [2.24, 2.45) is 17.8 Å². The fourth-order valence-electron chi connectivity index (χ4n) is 6.88. The van der Waals surface area contributed by atoms with Gasteiger partial charge in [0.25, 0.3) is 0 Å². The number of aryl methyl sites for hydroxylation is 2. The van der Waals surface area contributed by atoms with E-state index < -0.39 is 22.6 Å². The Balaban J connectivity index is 1.49. The number of likely N-dealkylation sites (tertiary alicyclic amines) is 1. The molecule has 3 heterocycles. The van der Waals surface area contributed by atoms with Crippen molar-refractivity contribution in [3.63, 3.8) is 0 Å². The van der Waals surface area contributed by atoms with Crippen molar-refractivity contribution >= 4 is 40.9 Å². The molecule has 3 saturated heterocycles. The summed E-state index contributed by atoms with van der Waals surface area (Å²) in [7, 11) is 0. The van der Waals surface area contributed by atoms with Gasteiger partial charge in [-0.3, -0.25) is 14.4 Å². The number of fused-ring (bicyclic) bond motifs is 1. The van der Waals surface area contributed by atoms with Gasteiger partial charge in [0.1, 0.15) is 6.04 Å². The van der Waals surface area contributed by atoms with E-state index in [0.717, 1.165) is 29.7 Å². The molecule has 2 bridgehead atoms. The number of rotatable bonds is 9. The summed E-state index contributed by atoms with van der Waals surface area (Å²) in [5.74, 6) is -1.33. The maximum Gasteiger partial charge on any atom is 0.248 e. The number of hydrogen-bond donors (Lipinski definition) is 3. The highest BCUT2D eigenvalue weighted by molar-refractivity contribution is 8.02. The van der Waals surface area contributed by atoms with Crippen LogP contribution in [-0.4, -0.2) is 56.9 Å². The average Bonchev–Trinajstić information content (AvgIpc) is 3.48. The summed E-state index contributed by atoms with van der Waals surface area (Å²) in [6.07, 6.45) is 2.93. The van der Waals surface area contributed by atoms with Gasteiger partial charge in [0.2, 0.25) is 17.7 Å². The molecule has 2 aromatic carbocycles. The Morgan fingerprint density at radius 2 is 1.71 bits per heavy atom. The van der Waals surface area contributed by atoms with E-state index in [0.29, 0.717) is 25.1 Å². The normalized spacial score (nSPS) is 29.4. The number of anilines is 2. The lowest BCUT2D eigenvalue weighted by molar-refractivity contribution is -0.138. The number of aliphatic hydroxyl groups excluding tert-OH is 1. The Hall–Kier alpha value is -2.84. The second-order valence-corrected chi connectivity index (χ2v) is 12.5.